The highest BCUT2D eigenvalue weighted by molar-refractivity contribution is 6.32. The Morgan fingerprint density at radius 2 is 2.06 bits per heavy atom. The maximum absolute atomic E-state index is 11.1. The largest absolute Gasteiger partial charge is 0.378 e. The normalized spacial score (nSPS) is 17.7. The summed E-state index contributed by atoms with van der Waals surface area (Å²) < 4.78 is 6.88. The zero-order valence-electron chi connectivity index (χ0n) is 10.7. The summed E-state index contributed by atoms with van der Waals surface area (Å²) in [4.78, 5) is 11.1. The van der Waals surface area contributed by atoms with Crippen LogP contribution in [-0.4, -0.2) is 23.2 Å². The van der Waals surface area contributed by atoms with Crippen LogP contribution in [0.1, 0.15) is 60.6 Å². The fraction of sp³-hybridized carbons (Fsp3) is 0.692. The SMILES string of the molecule is COCc1nn(C2CCCCCC2)c(Cl)c1C=O. The van der Waals surface area contributed by atoms with Gasteiger partial charge in [-0.3, -0.25) is 4.79 Å². The van der Waals surface area contributed by atoms with Gasteiger partial charge in [0.2, 0.25) is 0 Å². The van der Waals surface area contributed by atoms with E-state index in [1.807, 2.05) is 4.68 Å². The van der Waals surface area contributed by atoms with Gasteiger partial charge in [-0.2, -0.15) is 5.10 Å². The standard InChI is InChI=1S/C13H19ClN2O2/c1-18-9-12-11(8-17)13(14)16(15-12)10-6-4-2-3-5-7-10/h8,10H,2-7,9H2,1H3. The summed E-state index contributed by atoms with van der Waals surface area (Å²) in [6.45, 7) is 0.327. The van der Waals surface area contributed by atoms with Gasteiger partial charge in [0.05, 0.1) is 18.2 Å². The van der Waals surface area contributed by atoms with E-state index >= 15 is 0 Å². The molecule has 0 spiro atoms. The van der Waals surface area contributed by atoms with Crippen LogP contribution in [0.5, 0.6) is 0 Å². The van der Waals surface area contributed by atoms with Gasteiger partial charge in [-0.25, -0.2) is 4.68 Å². The summed E-state index contributed by atoms with van der Waals surface area (Å²) in [6.07, 6.45) is 7.92. The third-order valence-electron chi connectivity index (χ3n) is 3.53. The Morgan fingerprint density at radius 1 is 1.39 bits per heavy atom. The molecule has 0 atom stereocenters. The molecule has 5 heteroatoms. The molecule has 1 saturated carbocycles. The Morgan fingerprint density at radius 3 is 2.61 bits per heavy atom. The first-order chi connectivity index (χ1) is 8.77. The van der Waals surface area contributed by atoms with E-state index in [4.69, 9.17) is 16.3 Å². The van der Waals surface area contributed by atoms with Crippen molar-refractivity contribution in [3.63, 3.8) is 0 Å². The van der Waals surface area contributed by atoms with Gasteiger partial charge in [0.15, 0.2) is 6.29 Å². The maximum Gasteiger partial charge on any atom is 0.155 e. The van der Waals surface area contributed by atoms with Gasteiger partial charge < -0.3 is 4.74 Å². The number of aromatic nitrogens is 2. The number of carbonyl (C=O) groups excluding carboxylic acids is 1. The van der Waals surface area contributed by atoms with Crippen molar-refractivity contribution >= 4 is 17.9 Å². The van der Waals surface area contributed by atoms with E-state index < -0.39 is 0 Å². The second kappa shape index (κ2) is 6.34. The average molecular weight is 271 g/mol. The van der Waals surface area contributed by atoms with Crippen molar-refractivity contribution in [3.8, 4) is 0 Å². The minimum Gasteiger partial charge on any atom is -0.378 e. The molecule has 0 radical (unpaired) electrons. The summed E-state index contributed by atoms with van der Waals surface area (Å²) in [6, 6.07) is 0.323. The Kier molecular flexibility index (Phi) is 4.78. The second-order valence-corrected chi connectivity index (χ2v) is 5.15. The van der Waals surface area contributed by atoms with Gasteiger partial charge in [-0.05, 0) is 12.8 Å². The van der Waals surface area contributed by atoms with E-state index in [1.54, 1.807) is 7.11 Å². The van der Waals surface area contributed by atoms with Crippen molar-refractivity contribution in [3.05, 3.63) is 16.4 Å². The van der Waals surface area contributed by atoms with Crippen molar-refractivity contribution < 1.29 is 9.53 Å². The number of hydrogen-bond acceptors (Lipinski definition) is 3. The first-order valence-electron chi connectivity index (χ1n) is 6.49. The average Bonchev–Trinajstić information content (AvgIpc) is 2.58. The van der Waals surface area contributed by atoms with Gasteiger partial charge in [0.25, 0.3) is 0 Å². The van der Waals surface area contributed by atoms with Crippen molar-refractivity contribution in [2.75, 3.05) is 7.11 Å². The molecule has 4 nitrogen and oxygen atoms in total. The zero-order chi connectivity index (χ0) is 13.0. The van der Waals surface area contributed by atoms with Crippen LogP contribution in [0.2, 0.25) is 5.15 Å². The topological polar surface area (TPSA) is 44.1 Å². The number of methoxy groups -OCH3 is 1. The molecule has 1 aromatic rings. The van der Waals surface area contributed by atoms with Crippen LogP contribution >= 0.6 is 11.6 Å². The molecular formula is C13H19ClN2O2. The van der Waals surface area contributed by atoms with Crippen LogP contribution in [-0.2, 0) is 11.3 Å². The molecule has 0 bridgehead atoms. The van der Waals surface area contributed by atoms with Crippen molar-refractivity contribution in [2.45, 2.75) is 51.2 Å². The molecular weight excluding hydrogens is 252 g/mol. The zero-order valence-corrected chi connectivity index (χ0v) is 11.4. The highest BCUT2D eigenvalue weighted by Gasteiger charge is 2.22. The quantitative estimate of drug-likeness (QED) is 0.622. The minimum atomic E-state index is 0.323. The predicted molar refractivity (Wildman–Crippen MR) is 70.1 cm³/mol. The molecule has 1 aromatic heterocycles. The molecule has 0 amide bonds. The van der Waals surface area contributed by atoms with Crippen molar-refractivity contribution in [2.24, 2.45) is 0 Å². The number of aldehydes is 1. The highest BCUT2D eigenvalue weighted by Crippen LogP contribution is 2.31. The maximum atomic E-state index is 11.1. The van der Waals surface area contributed by atoms with Crippen LogP contribution in [0.15, 0.2) is 0 Å². The number of hydrogen-bond donors (Lipinski definition) is 0. The third-order valence-corrected chi connectivity index (χ3v) is 3.91. The van der Waals surface area contributed by atoms with E-state index in [2.05, 4.69) is 5.10 Å². The summed E-state index contributed by atoms with van der Waals surface area (Å²) in [5.74, 6) is 0. The number of rotatable bonds is 4. The van der Waals surface area contributed by atoms with E-state index in [9.17, 15) is 4.79 Å². The lowest BCUT2D eigenvalue weighted by Gasteiger charge is -2.15. The molecule has 1 aliphatic rings. The molecule has 1 heterocycles. The second-order valence-electron chi connectivity index (χ2n) is 4.79. The van der Waals surface area contributed by atoms with E-state index in [-0.39, 0.29) is 0 Å². The van der Waals surface area contributed by atoms with Crippen LogP contribution < -0.4 is 0 Å². The lowest BCUT2D eigenvalue weighted by molar-refractivity contribution is 0.111. The molecule has 100 valence electrons. The number of carbonyl (C=O) groups is 1. The molecule has 2 rings (SSSR count). The minimum absolute atomic E-state index is 0.323. The van der Waals surface area contributed by atoms with Gasteiger partial charge in [-0.15, -0.1) is 0 Å². The van der Waals surface area contributed by atoms with Gasteiger partial charge in [-0.1, -0.05) is 37.3 Å². The molecule has 0 aromatic carbocycles. The molecule has 1 fully saturated rings. The molecule has 0 saturated heterocycles. The van der Waals surface area contributed by atoms with Crippen LogP contribution in [0.4, 0.5) is 0 Å². The number of ether oxygens (including phenoxy) is 1. The molecule has 0 unspecified atom stereocenters. The van der Waals surface area contributed by atoms with Gasteiger partial charge in [0, 0.05) is 7.11 Å². The molecule has 1 aliphatic carbocycles. The predicted octanol–water partition coefficient (Wildman–Crippen LogP) is 3.39. The highest BCUT2D eigenvalue weighted by atomic mass is 35.5. The van der Waals surface area contributed by atoms with E-state index in [1.165, 1.54) is 25.7 Å². The lowest BCUT2D eigenvalue weighted by atomic mass is 10.1. The summed E-state index contributed by atoms with van der Waals surface area (Å²) in [7, 11) is 1.59. The van der Waals surface area contributed by atoms with E-state index in [0.29, 0.717) is 29.1 Å². The molecule has 0 N–H and O–H groups in total. The van der Waals surface area contributed by atoms with Crippen molar-refractivity contribution in [1.29, 1.82) is 0 Å². The third kappa shape index (κ3) is 2.75. The smallest absolute Gasteiger partial charge is 0.155 e. The first kappa shape index (κ1) is 13.6. The first-order valence-corrected chi connectivity index (χ1v) is 6.86. The Hall–Kier alpha value is -0.870. The fourth-order valence-corrected chi connectivity index (χ4v) is 2.90. The van der Waals surface area contributed by atoms with Gasteiger partial charge in [0.1, 0.15) is 10.8 Å². The van der Waals surface area contributed by atoms with Crippen LogP contribution in [0, 0.1) is 0 Å². The number of halogens is 1. The Labute approximate surface area is 112 Å². The Bertz CT molecular complexity index is 409. The van der Waals surface area contributed by atoms with Gasteiger partial charge >= 0.3 is 0 Å². The lowest BCUT2D eigenvalue weighted by Crippen LogP contribution is -2.10. The molecule has 18 heavy (non-hydrogen) atoms. The fourth-order valence-electron chi connectivity index (χ4n) is 2.57. The van der Waals surface area contributed by atoms with E-state index in [0.717, 1.165) is 19.1 Å². The van der Waals surface area contributed by atoms with Crippen LogP contribution in [0.25, 0.3) is 0 Å². The summed E-state index contributed by atoms with van der Waals surface area (Å²) in [5, 5.41) is 4.93. The summed E-state index contributed by atoms with van der Waals surface area (Å²) in [5.41, 5.74) is 1.12. The van der Waals surface area contributed by atoms with Crippen LogP contribution in [0.3, 0.4) is 0 Å². The number of nitrogens with zero attached hydrogens (tertiary/aromatic N) is 2. The monoisotopic (exact) mass is 270 g/mol. The molecule has 0 aliphatic heterocycles. The Balaban J connectivity index is 2.28. The summed E-state index contributed by atoms with van der Waals surface area (Å²) >= 11 is 6.27. The van der Waals surface area contributed by atoms with Crippen molar-refractivity contribution in [1.82, 2.24) is 9.78 Å².